The first-order chi connectivity index (χ1) is 20.2. The largest absolute Gasteiger partial charge is 0.508 e. The van der Waals surface area contributed by atoms with E-state index in [2.05, 4.69) is 10.3 Å². The molecule has 2 aromatic rings. The van der Waals surface area contributed by atoms with Gasteiger partial charge in [0, 0.05) is 11.5 Å². The number of nitrogens with two attached hydrogens (primary N) is 1. The number of esters is 1. The predicted molar refractivity (Wildman–Crippen MR) is 146 cm³/mol. The number of hydrogen-bond acceptors (Lipinski definition) is 14. The maximum atomic E-state index is 14.1. The standard InChI is InChI=1S/C28H30N4O11/c1-5-42-26(40)12-8-43-27(31-12)30-11-7-6-10-9(2)13-15(20(34)14(10)19(11)33)23(37)28(41)17(21(13)35)18(32(3)4)22(36)16(24(28)38)25(29)39/h6-9,13,17-18,21,33-35,38,41H,5H2,1-4H3,(H2,29,39)(H,30,31). The van der Waals surface area contributed by atoms with Crippen LogP contribution in [0.25, 0.3) is 5.76 Å². The highest BCUT2D eigenvalue weighted by Crippen LogP contribution is 2.56. The number of amides is 1. The molecule has 1 aromatic heterocycles. The van der Waals surface area contributed by atoms with E-state index in [0.717, 1.165) is 6.26 Å². The summed E-state index contributed by atoms with van der Waals surface area (Å²) in [5.41, 5.74) is 0.683. The number of fused-ring (bicyclic) bond motifs is 3. The maximum absolute atomic E-state index is 14.1. The number of ketones is 2. The van der Waals surface area contributed by atoms with Crippen molar-refractivity contribution < 1.29 is 53.9 Å². The van der Waals surface area contributed by atoms with Gasteiger partial charge in [-0.3, -0.25) is 19.3 Å². The van der Waals surface area contributed by atoms with Crippen LogP contribution in [0.5, 0.6) is 5.75 Å². The molecule has 6 unspecified atom stereocenters. The van der Waals surface area contributed by atoms with Gasteiger partial charge in [-0.05, 0) is 38.6 Å². The number of aromatic hydroxyl groups is 1. The number of hydrogen-bond donors (Lipinski definition) is 7. The molecule has 0 spiro atoms. The van der Waals surface area contributed by atoms with Crippen LogP contribution in [0.1, 0.15) is 41.4 Å². The molecule has 1 saturated carbocycles. The minimum Gasteiger partial charge on any atom is -0.508 e. The number of aromatic nitrogens is 1. The van der Waals surface area contributed by atoms with Crippen molar-refractivity contribution in [3.8, 4) is 5.75 Å². The van der Waals surface area contributed by atoms with Crippen LogP contribution in [0.3, 0.4) is 0 Å². The van der Waals surface area contributed by atoms with E-state index in [4.69, 9.17) is 14.9 Å². The quantitative estimate of drug-likeness (QED) is 0.135. The molecule has 43 heavy (non-hydrogen) atoms. The smallest absolute Gasteiger partial charge is 0.360 e. The van der Waals surface area contributed by atoms with Crippen molar-refractivity contribution in [1.29, 1.82) is 0 Å². The number of likely N-dealkylation sites (N-methyl/N-ethyl adjacent to an activating group) is 1. The summed E-state index contributed by atoms with van der Waals surface area (Å²) in [6.07, 6.45) is -0.665. The van der Waals surface area contributed by atoms with Gasteiger partial charge < -0.3 is 45.7 Å². The monoisotopic (exact) mass is 598 g/mol. The third-order valence-corrected chi connectivity index (χ3v) is 8.36. The molecule has 1 fully saturated rings. The van der Waals surface area contributed by atoms with Crippen LogP contribution in [0, 0.1) is 11.8 Å². The van der Waals surface area contributed by atoms with E-state index in [-0.39, 0.29) is 29.6 Å². The molecule has 1 heterocycles. The first-order valence-electron chi connectivity index (χ1n) is 13.3. The second kappa shape index (κ2) is 10.2. The summed E-state index contributed by atoms with van der Waals surface area (Å²) in [6.45, 7) is 3.34. The SMILES string of the molecule is CCOC(=O)c1coc(Nc2ccc3c(c2O)C(O)=C2C(=O)C4(O)C(O)=C(C(N)=O)C(=O)C(N(C)C)C4C(O)C2C3C)n1. The third-order valence-electron chi connectivity index (χ3n) is 8.36. The normalized spacial score (nSPS) is 28.4. The second-order valence-electron chi connectivity index (χ2n) is 10.9. The van der Waals surface area contributed by atoms with Crippen LogP contribution in [0.15, 0.2) is 39.7 Å². The summed E-state index contributed by atoms with van der Waals surface area (Å²) < 4.78 is 10.1. The highest BCUT2D eigenvalue weighted by Gasteiger charge is 2.68. The highest BCUT2D eigenvalue weighted by atomic mass is 16.5. The number of phenols is 1. The van der Waals surface area contributed by atoms with E-state index in [1.54, 1.807) is 13.8 Å². The first-order valence-corrected chi connectivity index (χ1v) is 13.3. The lowest BCUT2D eigenvalue weighted by molar-refractivity contribution is -0.169. The number of benzene rings is 1. The molecule has 15 nitrogen and oxygen atoms in total. The summed E-state index contributed by atoms with van der Waals surface area (Å²) in [5, 5.41) is 59.7. The van der Waals surface area contributed by atoms with Gasteiger partial charge in [0.15, 0.2) is 17.1 Å². The van der Waals surface area contributed by atoms with Gasteiger partial charge in [-0.25, -0.2) is 4.79 Å². The Morgan fingerprint density at radius 2 is 1.88 bits per heavy atom. The van der Waals surface area contributed by atoms with Gasteiger partial charge in [-0.15, -0.1) is 0 Å². The summed E-state index contributed by atoms with van der Waals surface area (Å²) in [6, 6.07) is 1.29. The Hall–Kier alpha value is -4.73. The van der Waals surface area contributed by atoms with E-state index < -0.39 is 87.4 Å². The Morgan fingerprint density at radius 1 is 1.21 bits per heavy atom. The van der Waals surface area contributed by atoms with Gasteiger partial charge in [-0.2, -0.15) is 4.98 Å². The van der Waals surface area contributed by atoms with Crippen molar-refractivity contribution in [3.63, 3.8) is 0 Å². The van der Waals surface area contributed by atoms with E-state index >= 15 is 0 Å². The van der Waals surface area contributed by atoms with Gasteiger partial charge in [0.1, 0.15) is 29.1 Å². The molecule has 6 atom stereocenters. The minimum absolute atomic E-state index is 0.0519. The van der Waals surface area contributed by atoms with E-state index in [0.29, 0.717) is 5.56 Å². The zero-order valence-corrected chi connectivity index (χ0v) is 23.5. The Labute approximate surface area is 243 Å². The number of nitrogens with zero attached hydrogens (tertiary/aromatic N) is 2. The molecule has 3 aliphatic carbocycles. The zero-order chi connectivity index (χ0) is 31.7. The lowest BCUT2D eigenvalue weighted by Gasteiger charge is -2.53. The molecule has 5 rings (SSSR count). The number of carbonyl (C=O) groups excluding carboxylic acids is 4. The fraction of sp³-hybridized carbons (Fsp3) is 0.393. The number of primary amides is 1. The Balaban J connectivity index is 1.65. The molecular formula is C28H30N4O11. The third kappa shape index (κ3) is 4.11. The predicted octanol–water partition coefficient (Wildman–Crippen LogP) is 0.404. The molecule has 15 heteroatoms. The van der Waals surface area contributed by atoms with Crippen LogP contribution in [0.2, 0.25) is 0 Å². The van der Waals surface area contributed by atoms with Crippen molar-refractivity contribution in [2.45, 2.75) is 37.5 Å². The number of rotatable bonds is 6. The van der Waals surface area contributed by atoms with Crippen LogP contribution in [-0.4, -0.2) is 97.3 Å². The summed E-state index contributed by atoms with van der Waals surface area (Å²) in [5.74, 6) is -10.7. The van der Waals surface area contributed by atoms with Crippen molar-refractivity contribution in [3.05, 3.63) is 52.1 Å². The number of oxazole rings is 1. The Morgan fingerprint density at radius 3 is 2.49 bits per heavy atom. The Bertz CT molecular complexity index is 1640. The number of aliphatic hydroxyl groups excluding tert-OH is 3. The minimum atomic E-state index is -3.02. The van der Waals surface area contributed by atoms with Gasteiger partial charge >= 0.3 is 5.97 Å². The summed E-state index contributed by atoms with van der Waals surface area (Å²) in [4.78, 5) is 56.6. The molecule has 1 aromatic carbocycles. The average Bonchev–Trinajstić information content (AvgIpc) is 3.40. The lowest BCUT2D eigenvalue weighted by atomic mass is 9.54. The highest BCUT2D eigenvalue weighted by molar-refractivity contribution is 6.24. The molecule has 8 N–H and O–H groups in total. The summed E-state index contributed by atoms with van der Waals surface area (Å²) in [7, 11) is 2.86. The summed E-state index contributed by atoms with van der Waals surface area (Å²) >= 11 is 0. The van der Waals surface area contributed by atoms with Crippen molar-refractivity contribution >= 4 is 40.9 Å². The average molecular weight is 599 g/mol. The van der Waals surface area contributed by atoms with Gasteiger partial charge in [0.2, 0.25) is 5.78 Å². The number of aliphatic hydroxyl groups is 4. The first kappa shape index (κ1) is 29.8. The number of Topliss-reactive ketones (excluding diaryl/α,β-unsaturated/α-hetero) is 2. The van der Waals surface area contributed by atoms with Crippen LogP contribution in [-0.2, 0) is 19.1 Å². The molecule has 0 bridgehead atoms. The molecule has 0 radical (unpaired) electrons. The number of anilines is 2. The van der Waals surface area contributed by atoms with Crippen LogP contribution < -0.4 is 11.1 Å². The van der Waals surface area contributed by atoms with E-state index in [1.165, 1.54) is 31.1 Å². The van der Waals surface area contributed by atoms with Crippen LogP contribution >= 0.6 is 0 Å². The lowest BCUT2D eigenvalue weighted by Crippen LogP contribution is -2.70. The maximum Gasteiger partial charge on any atom is 0.360 e. The number of carbonyl (C=O) groups is 4. The van der Waals surface area contributed by atoms with E-state index in [1.807, 2.05) is 0 Å². The Kier molecular flexibility index (Phi) is 7.07. The van der Waals surface area contributed by atoms with Crippen LogP contribution in [0.4, 0.5) is 11.7 Å². The number of ether oxygens (including phenoxy) is 1. The van der Waals surface area contributed by atoms with E-state index in [9.17, 15) is 44.7 Å². The topological polar surface area (TPSA) is 246 Å². The fourth-order valence-corrected chi connectivity index (χ4v) is 6.46. The number of phenolic OH excluding ortho intramolecular Hbond substituents is 1. The van der Waals surface area contributed by atoms with Crippen molar-refractivity contribution in [2.75, 3.05) is 26.0 Å². The van der Waals surface area contributed by atoms with Crippen molar-refractivity contribution in [2.24, 2.45) is 17.6 Å². The molecular weight excluding hydrogens is 568 g/mol. The molecule has 0 saturated heterocycles. The zero-order valence-electron chi connectivity index (χ0n) is 23.5. The number of nitrogens with one attached hydrogen (secondary N) is 1. The fourth-order valence-electron chi connectivity index (χ4n) is 6.46. The molecule has 1 amide bonds. The van der Waals surface area contributed by atoms with Crippen molar-refractivity contribution in [1.82, 2.24) is 9.88 Å². The molecule has 0 aliphatic heterocycles. The van der Waals surface area contributed by atoms with Gasteiger partial charge in [0.05, 0.1) is 35.9 Å². The van der Waals surface area contributed by atoms with Gasteiger partial charge in [0.25, 0.3) is 11.9 Å². The second-order valence-corrected chi connectivity index (χ2v) is 10.9. The molecule has 228 valence electrons. The van der Waals surface area contributed by atoms with Gasteiger partial charge in [-0.1, -0.05) is 13.0 Å². The molecule has 3 aliphatic rings.